The second-order valence-corrected chi connectivity index (χ2v) is 9.15. The molecule has 0 amide bonds. The Morgan fingerprint density at radius 1 is 0.605 bits per heavy atom. The zero-order valence-electron chi connectivity index (χ0n) is 20.1. The minimum absolute atomic E-state index is 0.0158. The van der Waals surface area contributed by atoms with Gasteiger partial charge < -0.3 is 0 Å². The van der Waals surface area contributed by atoms with Gasteiger partial charge in [0.05, 0.1) is 25.3 Å². The van der Waals surface area contributed by atoms with Crippen LogP contribution in [0.3, 0.4) is 0 Å². The normalized spacial score (nSPS) is 14.6. The fourth-order valence-corrected chi connectivity index (χ4v) is 5.40. The van der Waals surface area contributed by atoms with Crippen LogP contribution in [-0.2, 0) is 0 Å². The molecule has 0 unspecified atom stereocenters. The van der Waals surface area contributed by atoms with Gasteiger partial charge in [0.1, 0.15) is 5.82 Å². The molecule has 0 fully saturated rings. The minimum atomic E-state index is -0.460. The monoisotopic (exact) mass is 486 g/mol. The van der Waals surface area contributed by atoms with E-state index in [1.807, 2.05) is 67.6 Å². The fourth-order valence-electron chi connectivity index (χ4n) is 5.40. The van der Waals surface area contributed by atoms with E-state index in [0.29, 0.717) is 27.8 Å². The number of nitrogens with zero attached hydrogens (tertiary/aromatic N) is 4. The number of halogens is 1. The Morgan fingerprint density at radius 2 is 1.08 bits per heavy atom. The molecule has 0 spiro atoms. The summed E-state index contributed by atoms with van der Waals surface area (Å²) in [7, 11) is 0. The quantitative estimate of drug-likeness (QED) is 0.174. The Balaban J connectivity index is 1.67. The van der Waals surface area contributed by atoms with Gasteiger partial charge in [-0.05, 0) is 92.9 Å². The first kappa shape index (κ1) is 22.7. The van der Waals surface area contributed by atoms with Crippen molar-refractivity contribution in [2.45, 2.75) is 6.92 Å². The number of allylic oxidation sites excluding steroid dienone is 2. The second kappa shape index (κ2) is 8.43. The highest BCUT2D eigenvalue weighted by atomic mass is 19.1. The molecule has 4 aromatic rings. The Bertz CT molecular complexity index is 1930. The highest BCUT2D eigenvalue weighted by Gasteiger charge is 2.33. The summed E-state index contributed by atoms with van der Waals surface area (Å²) in [6.07, 6.45) is 0. The lowest BCUT2D eigenvalue weighted by molar-refractivity contribution is 0.627. The molecule has 0 aliphatic heterocycles. The summed E-state index contributed by atoms with van der Waals surface area (Å²) in [6.45, 7) is 17.3. The number of benzene rings is 4. The number of hydrogen-bond acceptors (Lipinski definition) is 2. The van der Waals surface area contributed by atoms with Gasteiger partial charge in [0, 0.05) is 11.1 Å². The van der Waals surface area contributed by atoms with Crippen molar-refractivity contribution in [3.8, 4) is 45.5 Å². The van der Waals surface area contributed by atoms with Crippen molar-refractivity contribution in [2.75, 3.05) is 0 Å². The van der Waals surface area contributed by atoms with Crippen LogP contribution in [-0.4, -0.2) is 0 Å². The largest absolute Gasteiger partial charge is 0.270 e. The van der Waals surface area contributed by atoms with Crippen LogP contribution >= 0.6 is 0 Å². The molecule has 4 nitrogen and oxygen atoms in total. The van der Waals surface area contributed by atoms with Gasteiger partial charge in [0.25, 0.3) is 11.4 Å². The number of nitriles is 2. The summed E-state index contributed by atoms with van der Waals surface area (Å²) in [4.78, 5) is 6.97. The topological polar surface area (TPSA) is 56.3 Å². The lowest BCUT2D eigenvalue weighted by Gasteiger charge is -2.09. The van der Waals surface area contributed by atoms with Gasteiger partial charge in [-0.3, -0.25) is 0 Å². The molecule has 0 aromatic heterocycles. The molecule has 6 rings (SSSR count). The average molecular weight is 487 g/mol. The molecule has 0 N–H and O–H groups in total. The lowest BCUT2D eigenvalue weighted by atomic mass is 9.95. The third kappa shape index (κ3) is 3.18. The van der Waals surface area contributed by atoms with Gasteiger partial charge >= 0.3 is 0 Å². The summed E-state index contributed by atoms with van der Waals surface area (Å²) in [5.74, 6) is -0.460. The molecule has 38 heavy (non-hydrogen) atoms. The van der Waals surface area contributed by atoms with Crippen molar-refractivity contribution < 1.29 is 4.39 Å². The Morgan fingerprint density at radius 3 is 1.61 bits per heavy atom. The third-order valence-corrected chi connectivity index (χ3v) is 7.11. The Labute approximate surface area is 219 Å². The summed E-state index contributed by atoms with van der Waals surface area (Å²) < 4.78 is 14.3. The van der Waals surface area contributed by atoms with E-state index in [0.717, 1.165) is 44.5 Å². The van der Waals surface area contributed by atoms with Crippen LogP contribution in [0, 0.1) is 48.5 Å². The summed E-state index contributed by atoms with van der Waals surface area (Å²) >= 11 is 0. The van der Waals surface area contributed by atoms with Gasteiger partial charge in [-0.2, -0.15) is 0 Å². The predicted molar refractivity (Wildman–Crippen MR) is 144 cm³/mol. The molecular weight excluding hydrogens is 471 g/mol. The summed E-state index contributed by atoms with van der Waals surface area (Å²) in [5.41, 5.74) is 9.70. The van der Waals surface area contributed by atoms with Crippen molar-refractivity contribution >= 4 is 11.1 Å². The molecule has 0 saturated heterocycles. The summed E-state index contributed by atoms with van der Waals surface area (Å²) in [5, 5.41) is 19.6. The Hall–Kier alpha value is -5.75. The first-order valence-electron chi connectivity index (χ1n) is 11.7. The van der Waals surface area contributed by atoms with Crippen LogP contribution in [0.15, 0.2) is 84.2 Å². The molecule has 2 aliphatic rings. The van der Waals surface area contributed by atoms with E-state index in [-0.39, 0.29) is 11.4 Å². The molecule has 4 aromatic carbocycles. The second-order valence-electron chi connectivity index (χ2n) is 9.15. The minimum Gasteiger partial charge on any atom is -0.226 e. The third-order valence-electron chi connectivity index (χ3n) is 7.11. The van der Waals surface area contributed by atoms with Gasteiger partial charge in [-0.1, -0.05) is 48.0 Å². The van der Waals surface area contributed by atoms with Crippen molar-refractivity contribution in [1.29, 1.82) is 10.5 Å². The van der Waals surface area contributed by atoms with Crippen LogP contribution < -0.4 is 0 Å². The fraction of sp³-hybridized carbons (Fsp3) is 0.0303. The number of aryl methyl sites for hydroxylation is 1. The lowest BCUT2D eigenvalue weighted by Crippen LogP contribution is -1.89. The van der Waals surface area contributed by atoms with Crippen molar-refractivity contribution in [1.82, 2.24) is 0 Å². The van der Waals surface area contributed by atoms with Gasteiger partial charge in [-0.15, -0.1) is 0 Å². The SMILES string of the molecule is [C-]#[N+]/C(C#N)=C1/c2cc(F)ccc2-c2cc3c(cc21)-c1ccc(-c2ccc(C)cc2)cc1/C3=C(/C#N)[N+]#[C-]. The maximum atomic E-state index is 14.3. The van der Waals surface area contributed by atoms with E-state index >= 15 is 0 Å². The highest BCUT2D eigenvalue weighted by molar-refractivity contribution is 6.11. The maximum Gasteiger partial charge on any atom is 0.270 e. The van der Waals surface area contributed by atoms with E-state index in [1.165, 1.54) is 12.1 Å². The number of rotatable bonds is 1. The first-order valence-corrected chi connectivity index (χ1v) is 11.7. The van der Waals surface area contributed by atoms with Gasteiger partial charge in [0.15, 0.2) is 0 Å². The first-order chi connectivity index (χ1) is 18.5. The molecule has 0 heterocycles. The Kier molecular flexibility index (Phi) is 5.03. The summed E-state index contributed by atoms with van der Waals surface area (Å²) in [6, 6.07) is 26.3. The zero-order chi connectivity index (χ0) is 26.6. The van der Waals surface area contributed by atoms with Crippen molar-refractivity contribution in [3.63, 3.8) is 0 Å². The van der Waals surface area contributed by atoms with Gasteiger partial charge in [0.2, 0.25) is 0 Å². The number of fused-ring (bicyclic) bond motifs is 6. The van der Waals surface area contributed by atoms with E-state index in [4.69, 9.17) is 13.1 Å². The smallest absolute Gasteiger partial charge is 0.226 e. The molecule has 2 aliphatic carbocycles. The zero-order valence-corrected chi connectivity index (χ0v) is 20.1. The molecule has 174 valence electrons. The average Bonchev–Trinajstić information content (AvgIpc) is 3.41. The van der Waals surface area contributed by atoms with Crippen LogP contribution in [0.25, 0.3) is 54.2 Å². The van der Waals surface area contributed by atoms with Crippen LogP contribution in [0.5, 0.6) is 0 Å². The van der Waals surface area contributed by atoms with Crippen molar-refractivity contribution in [3.05, 3.63) is 141 Å². The maximum absolute atomic E-state index is 14.3. The van der Waals surface area contributed by atoms with Crippen LogP contribution in [0.2, 0.25) is 0 Å². The van der Waals surface area contributed by atoms with Gasteiger partial charge in [-0.25, -0.2) is 24.6 Å². The standard InChI is InChI=1S/C33H15FN4/c1-18-4-6-19(7-5-18)20-8-10-22-24-14-29-25(15-28(24)32(26(22)12-20)30(16-35)37-2)23-11-9-21(34)13-27(23)33(29)31(17-36)38-3/h4-15H,1H3/b32-30+,33-31-. The molecule has 0 saturated carbocycles. The van der Waals surface area contributed by atoms with E-state index in [9.17, 15) is 14.9 Å². The molecule has 0 bridgehead atoms. The van der Waals surface area contributed by atoms with E-state index in [1.54, 1.807) is 6.07 Å². The molecular formula is C33H15FN4. The van der Waals surface area contributed by atoms with Crippen LogP contribution in [0.4, 0.5) is 4.39 Å². The van der Waals surface area contributed by atoms with Crippen LogP contribution in [0.1, 0.15) is 27.8 Å². The van der Waals surface area contributed by atoms with Crippen molar-refractivity contribution in [2.24, 2.45) is 0 Å². The molecule has 5 heteroatoms. The predicted octanol–water partition coefficient (Wildman–Crippen LogP) is 8.17. The van der Waals surface area contributed by atoms with E-state index in [2.05, 4.69) is 15.8 Å². The number of hydrogen-bond donors (Lipinski definition) is 0. The molecule has 0 radical (unpaired) electrons. The molecule has 0 atom stereocenters. The van der Waals surface area contributed by atoms with E-state index < -0.39 is 5.82 Å². The highest BCUT2D eigenvalue weighted by Crippen LogP contribution is 2.54.